The largest absolute Gasteiger partial charge is 0.422 e. The van der Waals surface area contributed by atoms with E-state index >= 15 is 0 Å². The summed E-state index contributed by atoms with van der Waals surface area (Å²) in [6, 6.07) is 14.2. The second kappa shape index (κ2) is 7.44. The molecular formula is C21H19NO5S. The Morgan fingerprint density at radius 3 is 2.32 bits per heavy atom. The lowest BCUT2D eigenvalue weighted by Gasteiger charge is -2.12. The van der Waals surface area contributed by atoms with E-state index in [1.54, 1.807) is 50.5 Å². The van der Waals surface area contributed by atoms with Crippen molar-refractivity contribution in [2.75, 3.05) is 14.1 Å². The number of carbonyl (C=O) groups is 1. The monoisotopic (exact) mass is 397 g/mol. The van der Waals surface area contributed by atoms with Gasteiger partial charge in [0.2, 0.25) is 15.6 Å². The minimum absolute atomic E-state index is 0.0234. The van der Waals surface area contributed by atoms with Crippen LogP contribution in [0.1, 0.15) is 15.9 Å². The van der Waals surface area contributed by atoms with E-state index in [0.29, 0.717) is 11.0 Å². The van der Waals surface area contributed by atoms with Gasteiger partial charge in [-0.25, -0.2) is 13.2 Å². The summed E-state index contributed by atoms with van der Waals surface area (Å²) in [6.07, 6.45) is 1.20. The van der Waals surface area contributed by atoms with Crippen molar-refractivity contribution in [2.45, 2.75) is 11.8 Å². The fraction of sp³-hybridized carbons (Fsp3) is 0.143. The number of aryl methyl sites for hydroxylation is 1. The maximum Gasteiger partial charge on any atom is 0.347 e. The fourth-order valence-electron chi connectivity index (χ4n) is 2.68. The molecule has 6 nitrogen and oxygen atoms in total. The molecule has 0 saturated heterocycles. The average Bonchev–Trinajstić information content (AvgIpc) is 2.65. The van der Waals surface area contributed by atoms with Crippen LogP contribution in [-0.2, 0) is 9.84 Å². The number of allylic oxidation sites excluding steroid dienone is 1. The van der Waals surface area contributed by atoms with Gasteiger partial charge in [-0.05, 0) is 31.2 Å². The van der Waals surface area contributed by atoms with Crippen molar-refractivity contribution in [3.8, 4) is 0 Å². The molecule has 144 valence electrons. The van der Waals surface area contributed by atoms with E-state index < -0.39 is 26.2 Å². The van der Waals surface area contributed by atoms with E-state index in [1.165, 1.54) is 29.3 Å². The van der Waals surface area contributed by atoms with Gasteiger partial charge in [0.15, 0.2) is 0 Å². The number of hydrogen-bond acceptors (Lipinski definition) is 6. The molecule has 0 saturated carbocycles. The zero-order valence-corrected chi connectivity index (χ0v) is 16.5. The van der Waals surface area contributed by atoms with Gasteiger partial charge in [-0.15, -0.1) is 0 Å². The van der Waals surface area contributed by atoms with Gasteiger partial charge in [-0.2, -0.15) is 0 Å². The molecule has 0 fully saturated rings. The van der Waals surface area contributed by atoms with Gasteiger partial charge in [0.1, 0.15) is 16.1 Å². The first-order valence-electron chi connectivity index (χ1n) is 8.48. The second-order valence-corrected chi connectivity index (χ2v) is 8.51. The lowest BCUT2D eigenvalue weighted by Crippen LogP contribution is -2.22. The van der Waals surface area contributed by atoms with Crippen LogP contribution < -0.4 is 5.63 Å². The highest BCUT2D eigenvalue weighted by molar-refractivity contribution is 7.96. The van der Waals surface area contributed by atoms with Gasteiger partial charge in [0.05, 0.1) is 4.90 Å². The second-order valence-electron chi connectivity index (χ2n) is 6.59. The molecule has 28 heavy (non-hydrogen) atoms. The number of hydrogen-bond donors (Lipinski definition) is 0. The molecule has 0 amide bonds. The summed E-state index contributed by atoms with van der Waals surface area (Å²) in [5.41, 5.74) is -0.00267. The number of ketones is 1. The van der Waals surface area contributed by atoms with E-state index in [2.05, 4.69) is 0 Å². The van der Waals surface area contributed by atoms with Crippen LogP contribution in [0.4, 0.5) is 0 Å². The van der Waals surface area contributed by atoms with Gasteiger partial charge in [-0.1, -0.05) is 35.9 Å². The predicted octanol–water partition coefficient (Wildman–Crippen LogP) is 3.16. The van der Waals surface area contributed by atoms with Gasteiger partial charge >= 0.3 is 5.63 Å². The van der Waals surface area contributed by atoms with Crippen molar-refractivity contribution < 1.29 is 17.6 Å². The summed E-state index contributed by atoms with van der Waals surface area (Å²) in [7, 11) is -0.945. The maximum atomic E-state index is 13.1. The highest BCUT2D eigenvalue weighted by Gasteiger charge is 2.30. The Morgan fingerprint density at radius 1 is 1.04 bits per heavy atom. The highest BCUT2D eigenvalue weighted by atomic mass is 32.2. The Balaban J connectivity index is 2.18. The van der Waals surface area contributed by atoms with Gasteiger partial charge in [0.25, 0.3) is 0 Å². The zero-order valence-electron chi connectivity index (χ0n) is 15.7. The Labute approximate surface area is 162 Å². The Kier molecular flexibility index (Phi) is 5.20. The van der Waals surface area contributed by atoms with Crippen molar-refractivity contribution in [3.05, 3.63) is 87.2 Å². The first kappa shape index (κ1) is 19.6. The minimum atomic E-state index is -4.14. The van der Waals surface area contributed by atoms with Crippen molar-refractivity contribution >= 4 is 26.6 Å². The van der Waals surface area contributed by atoms with Crippen LogP contribution >= 0.6 is 0 Å². The molecule has 0 radical (unpaired) electrons. The number of rotatable bonds is 5. The summed E-state index contributed by atoms with van der Waals surface area (Å²) in [4.78, 5) is 26.4. The van der Waals surface area contributed by atoms with Crippen molar-refractivity contribution in [2.24, 2.45) is 0 Å². The van der Waals surface area contributed by atoms with E-state index in [0.717, 1.165) is 5.56 Å². The van der Waals surface area contributed by atoms with Crippen LogP contribution in [0.3, 0.4) is 0 Å². The molecule has 2 aromatic carbocycles. The molecule has 1 heterocycles. The van der Waals surface area contributed by atoms with Gasteiger partial charge in [-0.3, -0.25) is 4.79 Å². The van der Waals surface area contributed by atoms with E-state index in [9.17, 15) is 18.0 Å². The summed E-state index contributed by atoms with van der Waals surface area (Å²) in [6.45, 7) is 1.83. The van der Waals surface area contributed by atoms with Crippen LogP contribution in [0.2, 0.25) is 0 Å². The third kappa shape index (κ3) is 3.75. The summed E-state index contributed by atoms with van der Waals surface area (Å²) < 4.78 is 31.4. The molecule has 0 N–H and O–H groups in total. The van der Waals surface area contributed by atoms with Gasteiger partial charge in [0, 0.05) is 25.7 Å². The van der Waals surface area contributed by atoms with Crippen molar-refractivity contribution in [1.82, 2.24) is 4.90 Å². The lowest BCUT2D eigenvalue weighted by atomic mass is 10.1. The Bertz CT molecular complexity index is 1240. The van der Waals surface area contributed by atoms with Crippen LogP contribution in [-0.4, -0.2) is 33.2 Å². The molecule has 0 aliphatic carbocycles. The molecule has 0 spiro atoms. The summed E-state index contributed by atoms with van der Waals surface area (Å²) in [5.74, 6) is -0.909. The summed E-state index contributed by atoms with van der Waals surface area (Å²) >= 11 is 0. The highest BCUT2D eigenvalue weighted by Crippen LogP contribution is 2.24. The van der Waals surface area contributed by atoms with Crippen LogP contribution in [0.5, 0.6) is 0 Å². The average molecular weight is 397 g/mol. The molecule has 0 unspecified atom stereocenters. The SMILES string of the molecule is Cc1ccc(S(=O)(=O)/C(=C/N(C)C)C(=O)c2cc3ccccc3oc2=O)cc1. The number of sulfone groups is 1. The molecular weight excluding hydrogens is 378 g/mol. The minimum Gasteiger partial charge on any atom is -0.422 e. The van der Waals surface area contributed by atoms with Crippen LogP contribution in [0, 0.1) is 6.92 Å². The number of nitrogens with zero attached hydrogens (tertiary/aromatic N) is 1. The Morgan fingerprint density at radius 2 is 1.68 bits per heavy atom. The third-order valence-electron chi connectivity index (χ3n) is 4.11. The van der Waals surface area contributed by atoms with Crippen LogP contribution in [0.15, 0.2) is 79.8 Å². The quantitative estimate of drug-likeness (QED) is 0.374. The topological polar surface area (TPSA) is 84.7 Å². The van der Waals surface area contributed by atoms with Crippen LogP contribution in [0.25, 0.3) is 11.0 Å². The van der Waals surface area contributed by atoms with Crippen molar-refractivity contribution in [1.29, 1.82) is 0 Å². The van der Waals surface area contributed by atoms with Gasteiger partial charge < -0.3 is 9.32 Å². The fourth-order valence-corrected chi connectivity index (χ4v) is 4.13. The predicted molar refractivity (Wildman–Crippen MR) is 107 cm³/mol. The molecule has 0 bridgehead atoms. The normalized spacial score (nSPS) is 12.2. The number of fused-ring (bicyclic) bond motifs is 1. The smallest absolute Gasteiger partial charge is 0.347 e. The van der Waals surface area contributed by atoms with Crippen molar-refractivity contribution in [3.63, 3.8) is 0 Å². The molecule has 7 heteroatoms. The number of para-hydroxylation sites is 1. The zero-order chi connectivity index (χ0) is 20.5. The Hall–Kier alpha value is -3.19. The maximum absolute atomic E-state index is 13.1. The first-order valence-corrected chi connectivity index (χ1v) is 9.96. The van der Waals surface area contributed by atoms with E-state index in [1.807, 2.05) is 6.92 Å². The molecule has 3 rings (SSSR count). The first-order chi connectivity index (χ1) is 13.2. The third-order valence-corrected chi connectivity index (χ3v) is 5.87. The lowest BCUT2D eigenvalue weighted by molar-refractivity contribution is 0.103. The molecule has 0 atom stereocenters. The molecule has 3 aromatic rings. The standard InChI is InChI=1S/C21H19NO5S/c1-14-8-10-16(11-9-14)28(25,26)19(13-22(2)3)20(23)17-12-15-6-4-5-7-18(15)27-21(17)24/h4-13H,1-3H3/b19-13+. The summed E-state index contributed by atoms with van der Waals surface area (Å²) in [5, 5.41) is 0.530. The number of Topliss-reactive ketones (excluding diaryl/α,β-unsaturated/α-hetero) is 1. The molecule has 1 aromatic heterocycles. The number of carbonyl (C=O) groups excluding carboxylic acids is 1. The molecule has 0 aliphatic rings. The van der Waals surface area contributed by atoms with E-state index in [-0.39, 0.29) is 10.5 Å². The molecule has 0 aliphatic heterocycles. The number of benzene rings is 2. The van der Waals surface area contributed by atoms with E-state index in [4.69, 9.17) is 4.42 Å².